The van der Waals surface area contributed by atoms with E-state index in [0.29, 0.717) is 18.6 Å². The lowest BCUT2D eigenvalue weighted by Crippen LogP contribution is -2.35. The zero-order valence-electron chi connectivity index (χ0n) is 12.2. The van der Waals surface area contributed by atoms with Crippen LogP contribution in [0, 0.1) is 5.92 Å². The molecule has 0 radical (unpaired) electrons. The van der Waals surface area contributed by atoms with Gasteiger partial charge in [-0.05, 0) is 31.4 Å². The molecule has 2 heterocycles. The van der Waals surface area contributed by atoms with Gasteiger partial charge in [-0.3, -0.25) is 9.20 Å². The van der Waals surface area contributed by atoms with E-state index >= 15 is 0 Å². The molecule has 0 spiro atoms. The Morgan fingerprint density at radius 3 is 2.86 bits per heavy atom. The van der Waals surface area contributed by atoms with E-state index in [1.807, 2.05) is 6.92 Å². The van der Waals surface area contributed by atoms with Gasteiger partial charge in [0.15, 0.2) is 5.65 Å². The summed E-state index contributed by atoms with van der Waals surface area (Å²) in [7, 11) is 0. The Morgan fingerprint density at radius 1 is 1.43 bits per heavy atom. The fourth-order valence-corrected chi connectivity index (χ4v) is 2.22. The van der Waals surface area contributed by atoms with E-state index in [1.165, 1.54) is 4.40 Å². The molecule has 2 aromatic heterocycles. The zero-order chi connectivity index (χ0) is 15.4. The molecule has 0 aliphatic heterocycles. The molecular formula is C14H20N4O3. The molecule has 2 N–H and O–H groups in total. The summed E-state index contributed by atoms with van der Waals surface area (Å²) in [5.41, 5.74) is 0.176. The summed E-state index contributed by atoms with van der Waals surface area (Å²) in [5.74, 6) is -0.0929. The minimum atomic E-state index is -0.391. The Labute approximate surface area is 122 Å². The van der Waals surface area contributed by atoms with Gasteiger partial charge < -0.3 is 10.4 Å². The summed E-state index contributed by atoms with van der Waals surface area (Å²) < 4.78 is 2.54. The topological polar surface area (TPSA) is 88.6 Å². The first kappa shape index (κ1) is 15.2. The molecule has 0 aromatic carbocycles. The van der Waals surface area contributed by atoms with Crippen molar-refractivity contribution in [3.05, 3.63) is 34.9 Å². The largest absolute Gasteiger partial charge is 0.393 e. The maximum absolute atomic E-state index is 12.0. The molecule has 0 saturated carbocycles. The van der Waals surface area contributed by atoms with E-state index in [4.69, 9.17) is 0 Å². The van der Waals surface area contributed by atoms with Gasteiger partial charge in [-0.15, -0.1) is 5.10 Å². The van der Waals surface area contributed by atoms with Crippen LogP contribution in [-0.4, -0.2) is 37.8 Å². The maximum Gasteiger partial charge on any atom is 0.350 e. The number of pyridine rings is 1. The Kier molecular flexibility index (Phi) is 4.74. The first-order chi connectivity index (χ1) is 9.97. The van der Waals surface area contributed by atoms with Crippen LogP contribution in [0.1, 0.15) is 20.3 Å². The third-order valence-electron chi connectivity index (χ3n) is 3.17. The Morgan fingerprint density at radius 2 is 2.19 bits per heavy atom. The van der Waals surface area contributed by atoms with E-state index < -0.39 is 6.10 Å². The van der Waals surface area contributed by atoms with Crippen LogP contribution in [-0.2, 0) is 11.3 Å². The van der Waals surface area contributed by atoms with Gasteiger partial charge in [-0.1, -0.05) is 13.0 Å². The number of carbonyl (C=O) groups is 1. The van der Waals surface area contributed by atoms with Crippen LogP contribution >= 0.6 is 0 Å². The molecular weight excluding hydrogens is 272 g/mol. The van der Waals surface area contributed by atoms with Crippen LogP contribution in [0.25, 0.3) is 5.65 Å². The van der Waals surface area contributed by atoms with Crippen LogP contribution in [0.4, 0.5) is 0 Å². The van der Waals surface area contributed by atoms with Crippen molar-refractivity contribution in [1.29, 1.82) is 0 Å². The van der Waals surface area contributed by atoms with Crippen molar-refractivity contribution in [2.24, 2.45) is 5.92 Å². The highest BCUT2D eigenvalue weighted by atomic mass is 16.3. The smallest absolute Gasteiger partial charge is 0.350 e. The number of rotatable bonds is 6. The first-order valence-electron chi connectivity index (χ1n) is 6.96. The lowest BCUT2D eigenvalue weighted by atomic mass is 10.1. The van der Waals surface area contributed by atoms with Crippen LogP contribution in [0.3, 0.4) is 0 Å². The summed E-state index contributed by atoms with van der Waals surface area (Å²) in [5, 5.41) is 16.1. The third kappa shape index (κ3) is 3.91. The molecule has 0 bridgehead atoms. The van der Waals surface area contributed by atoms with Gasteiger partial charge >= 0.3 is 5.69 Å². The molecule has 2 aromatic rings. The number of aliphatic hydroxyl groups is 1. The first-order valence-corrected chi connectivity index (χ1v) is 6.96. The predicted molar refractivity (Wildman–Crippen MR) is 77.9 cm³/mol. The summed E-state index contributed by atoms with van der Waals surface area (Å²) in [6.45, 7) is 4.02. The number of nitrogens with one attached hydrogen (secondary N) is 1. The lowest BCUT2D eigenvalue weighted by molar-refractivity contribution is -0.122. The Hall–Kier alpha value is -2.15. The molecule has 2 unspecified atom stereocenters. The van der Waals surface area contributed by atoms with Crippen molar-refractivity contribution >= 4 is 11.6 Å². The second kappa shape index (κ2) is 6.53. The summed E-state index contributed by atoms with van der Waals surface area (Å²) in [6.07, 6.45) is 1.84. The summed E-state index contributed by atoms with van der Waals surface area (Å²) in [6, 6.07) is 5.22. The molecule has 0 aliphatic carbocycles. The van der Waals surface area contributed by atoms with E-state index in [-0.39, 0.29) is 24.1 Å². The van der Waals surface area contributed by atoms with Crippen LogP contribution in [0.2, 0.25) is 0 Å². The molecule has 0 fully saturated rings. The molecule has 7 heteroatoms. The molecule has 7 nitrogen and oxygen atoms in total. The Balaban J connectivity index is 1.96. The van der Waals surface area contributed by atoms with Crippen molar-refractivity contribution in [2.45, 2.75) is 32.9 Å². The highest BCUT2D eigenvalue weighted by molar-refractivity contribution is 5.75. The van der Waals surface area contributed by atoms with Gasteiger partial charge in [0.05, 0.1) is 6.10 Å². The van der Waals surface area contributed by atoms with Crippen molar-refractivity contribution in [3.63, 3.8) is 0 Å². The normalized spacial score (nSPS) is 14.0. The number of carbonyl (C=O) groups excluding carboxylic acids is 1. The zero-order valence-corrected chi connectivity index (χ0v) is 12.2. The van der Waals surface area contributed by atoms with E-state index in [1.54, 1.807) is 31.3 Å². The van der Waals surface area contributed by atoms with E-state index in [0.717, 1.165) is 4.68 Å². The quantitative estimate of drug-likeness (QED) is 0.785. The molecule has 1 amide bonds. The van der Waals surface area contributed by atoms with Crippen LogP contribution in [0.15, 0.2) is 29.2 Å². The fraction of sp³-hybridized carbons (Fsp3) is 0.500. The molecule has 114 valence electrons. The van der Waals surface area contributed by atoms with Gasteiger partial charge in [-0.2, -0.15) is 0 Å². The lowest BCUT2D eigenvalue weighted by Gasteiger charge is -2.13. The summed E-state index contributed by atoms with van der Waals surface area (Å²) in [4.78, 5) is 23.8. The monoisotopic (exact) mass is 292 g/mol. The SMILES string of the molecule is CC(O)CC(C)CNC(=O)Cn1nc2ccccn2c1=O. The Bertz CT molecular complexity index is 674. The molecule has 21 heavy (non-hydrogen) atoms. The van der Waals surface area contributed by atoms with Crippen LogP contribution < -0.4 is 11.0 Å². The second-order valence-corrected chi connectivity index (χ2v) is 5.36. The van der Waals surface area contributed by atoms with Crippen molar-refractivity contribution in [2.75, 3.05) is 6.54 Å². The number of amides is 1. The highest BCUT2D eigenvalue weighted by Crippen LogP contribution is 2.03. The van der Waals surface area contributed by atoms with Gasteiger partial charge in [0, 0.05) is 12.7 Å². The minimum Gasteiger partial charge on any atom is -0.393 e. The number of aromatic nitrogens is 3. The van der Waals surface area contributed by atoms with Gasteiger partial charge in [0.1, 0.15) is 6.54 Å². The van der Waals surface area contributed by atoms with Crippen molar-refractivity contribution in [1.82, 2.24) is 19.5 Å². The standard InChI is InChI=1S/C14H20N4O3/c1-10(7-11(2)19)8-15-13(20)9-18-14(21)17-6-4-3-5-12(17)16-18/h3-6,10-11,19H,7-9H2,1-2H3,(H,15,20). The van der Waals surface area contributed by atoms with Gasteiger partial charge in [0.2, 0.25) is 5.91 Å². The van der Waals surface area contributed by atoms with Crippen molar-refractivity contribution in [3.8, 4) is 0 Å². The maximum atomic E-state index is 12.0. The molecule has 2 atom stereocenters. The van der Waals surface area contributed by atoms with Crippen molar-refractivity contribution < 1.29 is 9.90 Å². The molecule has 2 rings (SSSR count). The van der Waals surface area contributed by atoms with Crippen LogP contribution in [0.5, 0.6) is 0 Å². The third-order valence-corrected chi connectivity index (χ3v) is 3.17. The fourth-order valence-electron chi connectivity index (χ4n) is 2.22. The average molecular weight is 292 g/mol. The van der Waals surface area contributed by atoms with Gasteiger partial charge in [0.25, 0.3) is 0 Å². The second-order valence-electron chi connectivity index (χ2n) is 5.36. The number of nitrogens with zero attached hydrogens (tertiary/aromatic N) is 3. The number of hydrogen-bond acceptors (Lipinski definition) is 4. The van der Waals surface area contributed by atoms with E-state index in [9.17, 15) is 14.7 Å². The number of aliphatic hydroxyl groups excluding tert-OH is 1. The summed E-state index contributed by atoms with van der Waals surface area (Å²) >= 11 is 0. The average Bonchev–Trinajstić information content (AvgIpc) is 2.73. The predicted octanol–water partition coefficient (Wildman–Crippen LogP) is 0.0192. The van der Waals surface area contributed by atoms with Gasteiger partial charge in [-0.25, -0.2) is 9.48 Å². The molecule has 0 saturated heterocycles. The minimum absolute atomic E-state index is 0.109. The number of fused-ring (bicyclic) bond motifs is 1. The van der Waals surface area contributed by atoms with E-state index in [2.05, 4.69) is 10.4 Å². The highest BCUT2D eigenvalue weighted by Gasteiger charge is 2.12. The molecule has 0 aliphatic rings. The number of hydrogen-bond donors (Lipinski definition) is 2.